The second-order valence-corrected chi connectivity index (χ2v) is 14.1. The van der Waals surface area contributed by atoms with Crippen LogP contribution in [0.3, 0.4) is 0 Å². The number of benzene rings is 1. The highest BCUT2D eigenvalue weighted by Crippen LogP contribution is 2.47. The third-order valence-corrected chi connectivity index (χ3v) is 10.7. The molecule has 1 N–H and O–H groups in total. The first-order valence-electron chi connectivity index (χ1n) is 12.0. The second kappa shape index (κ2) is 10.7. The largest absolute Gasteiger partial charge is 0.598 e. The molecule has 9 heteroatoms. The molecular weight excluding hydrogens is 507 g/mol. The van der Waals surface area contributed by atoms with Crippen LogP contribution in [0.15, 0.2) is 34.3 Å². The van der Waals surface area contributed by atoms with Crippen LogP contribution in [-0.2, 0) is 17.8 Å². The lowest BCUT2D eigenvalue weighted by Gasteiger charge is -2.44. The van der Waals surface area contributed by atoms with E-state index in [0.717, 1.165) is 60.2 Å². The van der Waals surface area contributed by atoms with Crippen molar-refractivity contribution in [1.29, 1.82) is 0 Å². The van der Waals surface area contributed by atoms with E-state index in [0.29, 0.717) is 16.1 Å². The number of rotatable bonds is 6. The van der Waals surface area contributed by atoms with E-state index in [1.165, 1.54) is 24.6 Å². The standard InChI is InChI=1S/C25H34Cl2N4OS2/c1-5-18-23(33-19-9-6-8-17(26)22(19)27)28-16-21(29-18)31-14-12-25(13-15-31)11-7-10-20(25)30-34(32)24(2,3)4/h6,8-9,16,20,30H,5,7,10-15H2,1-4H3/t20-,34?/m1/s1. The van der Waals surface area contributed by atoms with Crippen molar-refractivity contribution in [3.05, 3.63) is 40.1 Å². The van der Waals surface area contributed by atoms with Gasteiger partial charge >= 0.3 is 0 Å². The van der Waals surface area contributed by atoms with Crippen molar-refractivity contribution >= 4 is 52.1 Å². The predicted octanol–water partition coefficient (Wildman–Crippen LogP) is 6.69. The van der Waals surface area contributed by atoms with Crippen LogP contribution in [0.2, 0.25) is 10.0 Å². The topological polar surface area (TPSA) is 64.1 Å². The van der Waals surface area contributed by atoms with Gasteiger partial charge in [0.1, 0.15) is 15.6 Å². The zero-order valence-corrected chi connectivity index (χ0v) is 23.5. The normalized spacial score (nSPS) is 21.3. The quantitative estimate of drug-likeness (QED) is 0.411. The Bertz CT molecular complexity index is 1010. The summed E-state index contributed by atoms with van der Waals surface area (Å²) in [7, 11) is 0. The van der Waals surface area contributed by atoms with Gasteiger partial charge in [0.05, 0.1) is 28.0 Å². The van der Waals surface area contributed by atoms with Gasteiger partial charge in [0.25, 0.3) is 0 Å². The molecule has 2 atom stereocenters. The van der Waals surface area contributed by atoms with Crippen molar-refractivity contribution in [2.75, 3.05) is 18.0 Å². The van der Waals surface area contributed by atoms with Crippen molar-refractivity contribution in [3.8, 4) is 0 Å². The Kier molecular flexibility index (Phi) is 8.32. The summed E-state index contributed by atoms with van der Waals surface area (Å²) in [5.74, 6) is 0.939. The Morgan fingerprint density at radius 2 is 1.97 bits per heavy atom. The molecule has 1 unspecified atom stereocenters. The highest BCUT2D eigenvalue weighted by atomic mass is 35.5. The number of aryl methyl sites for hydroxylation is 1. The van der Waals surface area contributed by atoms with E-state index in [4.69, 9.17) is 33.2 Å². The van der Waals surface area contributed by atoms with Gasteiger partial charge in [-0.15, -0.1) is 4.72 Å². The molecule has 2 aliphatic rings. The lowest BCUT2D eigenvalue weighted by atomic mass is 9.74. The zero-order chi connectivity index (χ0) is 24.5. The van der Waals surface area contributed by atoms with Gasteiger partial charge in [-0.2, -0.15) is 0 Å². The van der Waals surface area contributed by atoms with Gasteiger partial charge in [0.2, 0.25) is 0 Å². The average Bonchev–Trinajstić information content (AvgIpc) is 3.18. The molecule has 2 aromatic rings. The van der Waals surface area contributed by atoms with Crippen LogP contribution in [0.1, 0.15) is 65.5 Å². The second-order valence-electron chi connectivity index (χ2n) is 10.3. The molecule has 5 nitrogen and oxygen atoms in total. The zero-order valence-electron chi connectivity index (χ0n) is 20.4. The molecule has 0 radical (unpaired) electrons. The van der Waals surface area contributed by atoms with Gasteiger partial charge in [0.15, 0.2) is 0 Å². The van der Waals surface area contributed by atoms with Crippen molar-refractivity contribution in [2.24, 2.45) is 5.41 Å². The third-order valence-electron chi connectivity index (χ3n) is 7.05. The predicted molar refractivity (Wildman–Crippen MR) is 145 cm³/mol. The fraction of sp³-hybridized carbons (Fsp3) is 0.600. The molecule has 1 aromatic heterocycles. The SMILES string of the molecule is CCc1nc(N2CCC3(CCC[C@H]3N[S+]([O-])C(C)(C)C)CC2)cnc1Sc1cccc(Cl)c1Cl. The number of aromatic nitrogens is 2. The van der Waals surface area contributed by atoms with Crippen LogP contribution >= 0.6 is 35.0 Å². The maximum absolute atomic E-state index is 12.8. The number of hydrogen-bond donors (Lipinski definition) is 1. The molecule has 4 rings (SSSR count). The first-order chi connectivity index (χ1) is 16.1. The van der Waals surface area contributed by atoms with Gasteiger partial charge < -0.3 is 9.45 Å². The van der Waals surface area contributed by atoms with Crippen molar-refractivity contribution < 1.29 is 4.55 Å². The van der Waals surface area contributed by atoms with E-state index in [1.807, 2.05) is 39.1 Å². The summed E-state index contributed by atoms with van der Waals surface area (Å²) in [5, 5.41) is 1.96. The van der Waals surface area contributed by atoms with Crippen LogP contribution in [0.4, 0.5) is 5.82 Å². The number of nitrogens with one attached hydrogen (secondary N) is 1. The summed E-state index contributed by atoms with van der Waals surface area (Å²) in [4.78, 5) is 13.0. The Labute approximate surface area is 221 Å². The number of hydrogen-bond acceptors (Lipinski definition) is 6. The molecule has 1 aromatic carbocycles. The van der Waals surface area contributed by atoms with Crippen LogP contribution in [0, 0.1) is 5.41 Å². The minimum absolute atomic E-state index is 0.234. The molecular formula is C25H34Cl2N4OS2. The first-order valence-corrected chi connectivity index (χ1v) is 14.8. The Balaban J connectivity index is 1.44. The molecule has 0 amide bonds. The van der Waals surface area contributed by atoms with E-state index in [1.54, 1.807) is 6.07 Å². The van der Waals surface area contributed by atoms with E-state index in [-0.39, 0.29) is 10.2 Å². The number of halogens is 2. The molecule has 1 aliphatic heterocycles. The molecule has 0 bridgehead atoms. The van der Waals surface area contributed by atoms with Crippen LogP contribution in [-0.4, -0.2) is 38.4 Å². The Hall–Kier alpha value is -0.700. The van der Waals surface area contributed by atoms with Gasteiger partial charge in [-0.3, -0.25) is 0 Å². The van der Waals surface area contributed by atoms with Gasteiger partial charge in [-0.05, 0) is 70.4 Å². The summed E-state index contributed by atoms with van der Waals surface area (Å²) in [6.07, 6.45) is 8.38. The molecule has 186 valence electrons. The number of piperidine rings is 1. The fourth-order valence-corrected chi connectivity index (χ4v) is 7.37. The maximum Gasteiger partial charge on any atom is 0.147 e. The lowest BCUT2D eigenvalue weighted by Crippen LogP contribution is -2.53. The summed E-state index contributed by atoms with van der Waals surface area (Å²) in [5.41, 5.74) is 1.21. The molecule has 2 heterocycles. The van der Waals surface area contributed by atoms with E-state index in [2.05, 4.69) is 16.5 Å². The van der Waals surface area contributed by atoms with Crippen molar-refractivity contribution in [2.45, 2.75) is 86.9 Å². The fourth-order valence-electron chi connectivity index (χ4n) is 4.95. The minimum atomic E-state index is -1.03. The highest BCUT2D eigenvalue weighted by Gasteiger charge is 2.47. The smallest absolute Gasteiger partial charge is 0.147 e. The lowest BCUT2D eigenvalue weighted by molar-refractivity contribution is 0.186. The Morgan fingerprint density at radius 3 is 2.65 bits per heavy atom. The first kappa shape index (κ1) is 26.4. The van der Waals surface area contributed by atoms with E-state index >= 15 is 0 Å². The summed E-state index contributed by atoms with van der Waals surface area (Å²) >= 11 is 13.0. The molecule has 34 heavy (non-hydrogen) atoms. The summed E-state index contributed by atoms with van der Waals surface area (Å²) in [6, 6.07) is 5.97. The van der Waals surface area contributed by atoms with Gasteiger partial charge in [0, 0.05) is 29.3 Å². The number of nitrogens with zero attached hydrogens (tertiary/aromatic N) is 3. The molecule has 1 aliphatic carbocycles. The number of anilines is 1. The minimum Gasteiger partial charge on any atom is -0.598 e. The van der Waals surface area contributed by atoms with Crippen LogP contribution in [0.5, 0.6) is 0 Å². The van der Waals surface area contributed by atoms with Crippen LogP contribution < -0.4 is 9.62 Å². The highest BCUT2D eigenvalue weighted by molar-refractivity contribution is 7.99. The summed E-state index contributed by atoms with van der Waals surface area (Å²) < 4.78 is 16.0. The molecule has 2 fully saturated rings. The third kappa shape index (κ3) is 5.65. The monoisotopic (exact) mass is 540 g/mol. The van der Waals surface area contributed by atoms with Crippen molar-refractivity contribution in [3.63, 3.8) is 0 Å². The molecule has 1 saturated heterocycles. The maximum atomic E-state index is 12.8. The van der Waals surface area contributed by atoms with E-state index < -0.39 is 11.4 Å². The molecule has 1 saturated carbocycles. The van der Waals surface area contributed by atoms with Crippen LogP contribution in [0.25, 0.3) is 0 Å². The average molecular weight is 542 g/mol. The summed E-state index contributed by atoms with van der Waals surface area (Å²) in [6.45, 7) is 10.1. The van der Waals surface area contributed by atoms with Gasteiger partial charge in [-0.25, -0.2) is 9.97 Å². The van der Waals surface area contributed by atoms with Crippen molar-refractivity contribution in [1.82, 2.24) is 14.7 Å². The molecule has 1 spiro atoms. The van der Waals surface area contributed by atoms with Gasteiger partial charge in [-0.1, -0.05) is 54.4 Å². The van der Waals surface area contributed by atoms with E-state index in [9.17, 15) is 4.55 Å². The Morgan fingerprint density at radius 1 is 1.24 bits per heavy atom.